The van der Waals surface area contributed by atoms with Gasteiger partial charge in [-0.15, -0.1) is 0 Å². The minimum Gasteiger partial charge on any atom is -0.366 e. The summed E-state index contributed by atoms with van der Waals surface area (Å²) < 4.78 is 0. The van der Waals surface area contributed by atoms with Crippen LogP contribution in [0.4, 0.5) is 11.4 Å². The third-order valence-electron chi connectivity index (χ3n) is 3.82. The molecule has 102 valence electrons. The molecular formula is C14H18N2O3. The van der Waals surface area contributed by atoms with Crippen LogP contribution in [0.25, 0.3) is 0 Å². The number of aldehydes is 1. The number of piperidine rings is 1. The summed E-state index contributed by atoms with van der Waals surface area (Å²) in [6.45, 7) is 4.26. The minimum absolute atomic E-state index is 0.0387. The first-order chi connectivity index (χ1) is 9.04. The molecule has 1 aliphatic heterocycles. The van der Waals surface area contributed by atoms with E-state index in [9.17, 15) is 14.9 Å². The van der Waals surface area contributed by atoms with Crippen LogP contribution < -0.4 is 4.90 Å². The van der Waals surface area contributed by atoms with Gasteiger partial charge in [-0.2, -0.15) is 0 Å². The van der Waals surface area contributed by atoms with Crippen molar-refractivity contribution < 1.29 is 9.72 Å². The summed E-state index contributed by atoms with van der Waals surface area (Å²) in [5.74, 6) is 0. The largest absolute Gasteiger partial charge is 0.366 e. The Labute approximate surface area is 112 Å². The fourth-order valence-electron chi connectivity index (χ4n) is 2.88. The van der Waals surface area contributed by atoms with E-state index in [4.69, 9.17) is 0 Å². The number of benzene rings is 1. The highest BCUT2D eigenvalue weighted by Gasteiger charge is 2.27. The normalized spacial score (nSPS) is 23.2. The van der Waals surface area contributed by atoms with E-state index in [0.29, 0.717) is 23.9 Å². The fraction of sp³-hybridized carbons (Fsp3) is 0.500. The molecule has 0 aliphatic carbocycles. The number of nitro groups is 1. The molecule has 1 aromatic rings. The summed E-state index contributed by atoms with van der Waals surface area (Å²) in [6, 6.07) is 5.22. The van der Waals surface area contributed by atoms with Crippen LogP contribution in [0.2, 0.25) is 0 Å². The molecule has 5 heteroatoms. The smallest absolute Gasteiger partial charge is 0.270 e. The van der Waals surface area contributed by atoms with Gasteiger partial charge in [0.15, 0.2) is 6.29 Å². The first-order valence-electron chi connectivity index (χ1n) is 6.56. The standard InChI is InChI=1S/C14H18N2O3/c1-10-4-3-5-11(2)15(10)14-7-6-13(16(18)19)8-12(14)9-17/h6-11H,3-5H2,1-2H3. The molecule has 0 saturated carbocycles. The third-order valence-corrected chi connectivity index (χ3v) is 3.82. The van der Waals surface area contributed by atoms with E-state index in [1.807, 2.05) is 0 Å². The zero-order valence-corrected chi connectivity index (χ0v) is 11.2. The zero-order valence-electron chi connectivity index (χ0n) is 11.2. The molecule has 0 aromatic heterocycles. The lowest BCUT2D eigenvalue weighted by Gasteiger charge is -2.41. The second-order valence-electron chi connectivity index (χ2n) is 5.15. The Bertz CT molecular complexity index is 491. The summed E-state index contributed by atoms with van der Waals surface area (Å²) in [4.78, 5) is 23.7. The molecular weight excluding hydrogens is 244 g/mol. The monoisotopic (exact) mass is 262 g/mol. The van der Waals surface area contributed by atoms with Crippen molar-refractivity contribution in [2.24, 2.45) is 0 Å². The average Bonchev–Trinajstić information content (AvgIpc) is 2.38. The van der Waals surface area contributed by atoms with Gasteiger partial charge in [-0.05, 0) is 39.2 Å². The second-order valence-corrected chi connectivity index (χ2v) is 5.15. The van der Waals surface area contributed by atoms with Crippen molar-refractivity contribution in [3.05, 3.63) is 33.9 Å². The summed E-state index contributed by atoms with van der Waals surface area (Å²) in [5, 5.41) is 10.8. The Morgan fingerprint density at radius 3 is 2.47 bits per heavy atom. The van der Waals surface area contributed by atoms with Gasteiger partial charge >= 0.3 is 0 Å². The van der Waals surface area contributed by atoms with E-state index in [1.165, 1.54) is 18.6 Å². The van der Waals surface area contributed by atoms with Gasteiger partial charge < -0.3 is 4.90 Å². The van der Waals surface area contributed by atoms with E-state index in [2.05, 4.69) is 18.7 Å². The molecule has 5 nitrogen and oxygen atoms in total. The van der Waals surface area contributed by atoms with Gasteiger partial charge in [0.05, 0.1) is 4.92 Å². The van der Waals surface area contributed by atoms with Crippen LogP contribution in [0.5, 0.6) is 0 Å². The average molecular weight is 262 g/mol. The van der Waals surface area contributed by atoms with E-state index in [0.717, 1.165) is 18.5 Å². The van der Waals surface area contributed by atoms with Crippen LogP contribution in [-0.2, 0) is 0 Å². The molecule has 0 amide bonds. The summed E-state index contributed by atoms with van der Waals surface area (Å²) in [6.07, 6.45) is 4.05. The molecule has 0 spiro atoms. The van der Waals surface area contributed by atoms with Crippen molar-refractivity contribution in [3.8, 4) is 0 Å². The van der Waals surface area contributed by atoms with Crippen LogP contribution in [0.1, 0.15) is 43.5 Å². The Kier molecular flexibility index (Phi) is 3.83. The topological polar surface area (TPSA) is 63.4 Å². The molecule has 0 N–H and O–H groups in total. The molecule has 1 fully saturated rings. The quantitative estimate of drug-likeness (QED) is 0.477. The molecule has 1 aromatic carbocycles. The lowest BCUT2D eigenvalue weighted by atomic mass is 9.95. The van der Waals surface area contributed by atoms with E-state index < -0.39 is 4.92 Å². The van der Waals surface area contributed by atoms with Crippen LogP contribution in [0, 0.1) is 10.1 Å². The van der Waals surface area contributed by atoms with Crippen molar-refractivity contribution in [1.82, 2.24) is 0 Å². The minimum atomic E-state index is -0.472. The fourth-order valence-corrected chi connectivity index (χ4v) is 2.88. The molecule has 1 aliphatic rings. The first kappa shape index (κ1) is 13.5. The molecule has 2 unspecified atom stereocenters. The predicted molar refractivity (Wildman–Crippen MR) is 73.7 cm³/mol. The van der Waals surface area contributed by atoms with Crippen molar-refractivity contribution in [2.75, 3.05) is 4.90 Å². The Hall–Kier alpha value is -1.91. The lowest BCUT2D eigenvalue weighted by molar-refractivity contribution is -0.384. The van der Waals surface area contributed by atoms with Crippen molar-refractivity contribution in [2.45, 2.75) is 45.2 Å². The molecule has 2 atom stereocenters. The van der Waals surface area contributed by atoms with E-state index in [1.54, 1.807) is 6.07 Å². The van der Waals surface area contributed by atoms with Gasteiger partial charge in [0, 0.05) is 35.5 Å². The zero-order chi connectivity index (χ0) is 14.0. The third kappa shape index (κ3) is 2.59. The molecule has 0 bridgehead atoms. The van der Waals surface area contributed by atoms with Gasteiger partial charge in [-0.1, -0.05) is 0 Å². The number of hydrogen-bond acceptors (Lipinski definition) is 4. The van der Waals surface area contributed by atoms with Crippen molar-refractivity contribution in [1.29, 1.82) is 0 Å². The summed E-state index contributed by atoms with van der Waals surface area (Å²) in [5.41, 5.74) is 1.17. The highest BCUT2D eigenvalue weighted by Crippen LogP contribution is 2.32. The number of hydrogen-bond donors (Lipinski definition) is 0. The van der Waals surface area contributed by atoms with Crippen LogP contribution in [-0.4, -0.2) is 23.3 Å². The molecule has 0 radical (unpaired) electrons. The predicted octanol–water partition coefficient (Wildman–Crippen LogP) is 3.17. The van der Waals surface area contributed by atoms with E-state index >= 15 is 0 Å². The summed E-state index contributed by atoms with van der Waals surface area (Å²) in [7, 11) is 0. The first-order valence-corrected chi connectivity index (χ1v) is 6.56. The van der Waals surface area contributed by atoms with Gasteiger partial charge in [0.2, 0.25) is 0 Å². The number of anilines is 1. The number of nitrogens with zero attached hydrogens (tertiary/aromatic N) is 2. The second kappa shape index (κ2) is 5.38. The molecule has 1 heterocycles. The molecule has 2 rings (SSSR count). The Morgan fingerprint density at radius 2 is 1.95 bits per heavy atom. The van der Waals surface area contributed by atoms with Crippen molar-refractivity contribution >= 4 is 17.7 Å². The van der Waals surface area contributed by atoms with Gasteiger partial charge in [-0.3, -0.25) is 14.9 Å². The number of carbonyl (C=O) groups is 1. The molecule has 1 saturated heterocycles. The van der Waals surface area contributed by atoms with Crippen molar-refractivity contribution in [3.63, 3.8) is 0 Å². The van der Waals surface area contributed by atoms with Crippen LogP contribution in [0.15, 0.2) is 18.2 Å². The Morgan fingerprint density at radius 1 is 1.32 bits per heavy atom. The molecule has 19 heavy (non-hydrogen) atoms. The number of rotatable bonds is 3. The highest BCUT2D eigenvalue weighted by atomic mass is 16.6. The summed E-state index contributed by atoms with van der Waals surface area (Å²) >= 11 is 0. The maximum absolute atomic E-state index is 11.2. The maximum atomic E-state index is 11.2. The number of carbonyl (C=O) groups excluding carboxylic acids is 1. The number of non-ortho nitro benzene ring substituents is 1. The van der Waals surface area contributed by atoms with Crippen LogP contribution in [0.3, 0.4) is 0 Å². The number of nitro benzene ring substituents is 1. The lowest BCUT2D eigenvalue weighted by Crippen LogP contribution is -2.44. The SMILES string of the molecule is CC1CCCC(C)N1c1ccc([N+](=O)[O-])cc1C=O. The maximum Gasteiger partial charge on any atom is 0.270 e. The van der Waals surface area contributed by atoms with Gasteiger partial charge in [0.25, 0.3) is 5.69 Å². The van der Waals surface area contributed by atoms with E-state index in [-0.39, 0.29) is 5.69 Å². The van der Waals surface area contributed by atoms with Crippen LogP contribution >= 0.6 is 0 Å². The highest BCUT2D eigenvalue weighted by molar-refractivity contribution is 5.86. The van der Waals surface area contributed by atoms with Gasteiger partial charge in [-0.25, -0.2) is 0 Å². The Balaban J connectivity index is 2.43. The van der Waals surface area contributed by atoms with Gasteiger partial charge in [0.1, 0.15) is 0 Å².